The number of likely N-dealkylation sites (N-methyl/N-ethyl adjacent to an activating group) is 1. The van der Waals surface area contributed by atoms with Gasteiger partial charge in [-0.05, 0) is 26.5 Å². The van der Waals surface area contributed by atoms with Gasteiger partial charge in [0, 0.05) is 25.7 Å². The van der Waals surface area contributed by atoms with Crippen LogP contribution in [0.3, 0.4) is 0 Å². The molecule has 1 amide bonds. The van der Waals surface area contributed by atoms with Crippen LogP contribution in [0.1, 0.15) is 25.3 Å². The Morgan fingerprint density at radius 2 is 1.95 bits per heavy atom. The number of amides is 1. The highest BCUT2D eigenvalue weighted by molar-refractivity contribution is 5.83. The first-order valence-electron chi connectivity index (χ1n) is 6.79. The van der Waals surface area contributed by atoms with Crippen LogP contribution in [-0.2, 0) is 4.79 Å². The van der Waals surface area contributed by atoms with Crippen LogP contribution in [-0.4, -0.2) is 43.5 Å². The number of carbonyl (C=O) groups excluding carboxylic acids is 1. The number of rotatable bonds is 7. The minimum atomic E-state index is -0.259. The van der Waals surface area contributed by atoms with E-state index >= 15 is 0 Å². The molecule has 0 spiro atoms. The van der Waals surface area contributed by atoms with Crippen molar-refractivity contribution < 1.29 is 4.79 Å². The van der Waals surface area contributed by atoms with E-state index in [2.05, 4.69) is 31.1 Å². The molecule has 1 aromatic rings. The van der Waals surface area contributed by atoms with E-state index < -0.39 is 0 Å². The van der Waals surface area contributed by atoms with Crippen molar-refractivity contribution in [1.29, 1.82) is 0 Å². The average molecular weight is 263 g/mol. The normalized spacial score (nSPS) is 12.7. The van der Waals surface area contributed by atoms with Crippen LogP contribution in [0.4, 0.5) is 0 Å². The Labute approximate surface area is 116 Å². The Hall–Kier alpha value is -1.39. The van der Waals surface area contributed by atoms with Crippen molar-refractivity contribution in [1.82, 2.24) is 10.2 Å². The maximum absolute atomic E-state index is 12.1. The minimum absolute atomic E-state index is 0.00542. The van der Waals surface area contributed by atoms with Gasteiger partial charge in [0.2, 0.25) is 5.91 Å². The Balaban J connectivity index is 2.47. The number of hydrogen-bond acceptors (Lipinski definition) is 3. The molecule has 0 aromatic heterocycles. The van der Waals surface area contributed by atoms with Crippen LogP contribution in [0, 0.1) is 0 Å². The molecule has 19 heavy (non-hydrogen) atoms. The van der Waals surface area contributed by atoms with Crippen LogP contribution < -0.4 is 11.1 Å². The quantitative estimate of drug-likeness (QED) is 0.777. The van der Waals surface area contributed by atoms with Crippen LogP contribution in [0.5, 0.6) is 0 Å². The van der Waals surface area contributed by atoms with Crippen molar-refractivity contribution in [3.05, 3.63) is 35.9 Å². The molecule has 0 heterocycles. The molecular weight excluding hydrogens is 238 g/mol. The smallest absolute Gasteiger partial charge is 0.228 e. The molecule has 0 aliphatic carbocycles. The molecule has 1 atom stereocenters. The summed E-state index contributed by atoms with van der Waals surface area (Å²) < 4.78 is 0. The lowest BCUT2D eigenvalue weighted by atomic mass is 9.98. The van der Waals surface area contributed by atoms with E-state index in [0.717, 1.165) is 12.1 Å². The summed E-state index contributed by atoms with van der Waals surface area (Å²) in [6.45, 7) is 6.09. The highest BCUT2D eigenvalue weighted by Crippen LogP contribution is 2.13. The van der Waals surface area contributed by atoms with Gasteiger partial charge in [-0.1, -0.05) is 30.3 Å². The van der Waals surface area contributed by atoms with Gasteiger partial charge >= 0.3 is 0 Å². The standard InChI is InChI=1S/C15H25N3O/c1-12(2)18(3)10-9-17-15(19)14(11-16)13-7-5-4-6-8-13/h4-8,12,14H,9-11,16H2,1-3H3,(H,17,19). The fourth-order valence-electron chi connectivity index (χ4n) is 1.82. The summed E-state index contributed by atoms with van der Waals surface area (Å²) in [6, 6.07) is 10.2. The zero-order chi connectivity index (χ0) is 14.3. The predicted octanol–water partition coefficient (Wildman–Crippen LogP) is 1.19. The number of nitrogens with zero attached hydrogens (tertiary/aromatic N) is 1. The summed E-state index contributed by atoms with van der Waals surface area (Å²) in [5.41, 5.74) is 6.69. The third kappa shape index (κ3) is 5.01. The molecule has 0 saturated carbocycles. The highest BCUT2D eigenvalue weighted by Gasteiger charge is 2.18. The molecule has 0 aliphatic rings. The molecule has 0 bridgehead atoms. The van der Waals surface area contributed by atoms with Crippen LogP contribution >= 0.6 is 0 Å². The maximum Gasteiger partial charge on any atom is 0.228 e. The van der Waals surface area contributed by atoms with Crippen molar-refractivity contribution >= 4 is 5.91 Å². The van der Waals surface area contributed by atoms with Crippen molar-refractivity contribution in [2.24, 2.45) is 5.73 Å². The van der Waals surface area contributed by atoms with Gasteiger partial charge in [0.05, 0.1) is 5.92 Å². The Morgan fingerprint density at radius 1 is 1.32 bits per heavy atom. The third-order valence-corrected chi connectivity index (χ3v) is 3.40. The second kappa shape index (κ2) is 7.92. The molecule has 106 valence electrons. The zero-order valence-corrected chi connectivity index (χ0v) is 12.1. The van der Waals surface area contributed by atoms with E-state index in [1.165, 1.54) is 0 Å². The molecular formula is C15H25N3O. The zero-order valence-electron chi connectivity index (χ0n) is 12.1. The van der Waals surface area contributed by atoms with E-state index in [9.17, 15) is 4.79 Å². The van der Waals surface area contributed by atoms with Crippen molar-refractivity contribution in [2.45, 2.75) is 25.8 Å². The highest BCUT2D eigenvalue weighted by atomic mass is 16.1. The van der Waals surface area contributed by atoms with Crippen LogP contribution in [0.15, 0.2) is 30.3 Å². The minimum Gasteiger partial charge on any atom is -0.354 e. The Bertz CT molecular complexity index is 378. The van der Waals surface area contributed by atoms with Crippen molar-refractivity contribution in [3.8, 4) is 0 Å². The van der Waals surface area contributed by atoms with Crippen molar-refractivity contribution in [2.75, 3.05) is 26.7 Å². The molecule has 3 N–H and O–H groups in total. The molecule has 4 nitrogen and oxygen atoms in total. The predicted molar refractivity (Wildman–Crippen MR) is 79.0 cm³/mol. The molecule has 0 fully saturated rings. The monoisotopic (exact) mass is 263 g/mol. The number of hydrogen-bond donors (Lipinski definition) is 2. The number of nitrogens with two attached hydrogens (primary N) is 1. The number of nitrogens with one attached hydrogen (secondary N) is 1. The fourth-order valence-corrected chi connectivity index (χ4v) is 1.82. The first-order valence-corrected chi connectivity index (χ1v) is 6.79. The second-order valence-corrected chi connectivity index (χ2v) is 5.06. The fraction of sp³-hybridized carbons (Fsp3) is 0.533. The summed E-state index contributed by atoms with van der Waals surface area (Å²) in [7, 11) is 2.05. The molecule has 1 aromatic carbocycles. The van der Waals surface area contributed by atoms with E-state index in [1.807, 2.05) is 30.3 Å². The van der Waals surface area contributed by atoms with Gasteiger partial charge in [-0.3, -0.25) is 4.79 Å². The van der Waals surface area contributed by atoms with E-state index in [4.69, 9.17) is 5.73 Å². The van der Waals surface area contributed by atoms with Gasteiger partial charge in [0.25, 0.3) is 0 Å². The van der Waals surface area contributed by atoms with Gasteiger partial charge < -0.3 is 16.0 Å². The van der Waals surface area contributed by atoms with Gasteiger partial charge in [0.1, 0.15) is 0 Å². The summed E-state index contributed by atoms with van der Waals surface area (Å²) >= 11 is 0. The van der Waals surface area contributed by atoms with Gasteiger partial charge in [-0.25, -0.2) is 0 Å². The topological polar surface area (TPSA) is 58.4 Å². The van der Waals surface area contributed by atoms with Crippen LogP contribution in [0.25, 0.3) is 0 Å². The average Bonchev–Trinajstić information content (AvgIpc) is 2.40. The lowest BCUT2D eigenvalue weighted by Gasteiger charge is -2.22. The number of benzene rings is 1. The van der Waals surface area contributed by atoms with E-state index in [-0.39, 0.29) is 11.8 Å². The lowest BCUT2D eigenvalue weighted by Crippen LogP contribution is -2.39. The van der Waals surface area contributed by atoms with E-state index in [0.29, 0.717) is 19.1 Å². The van der Waals surface area contributed by atoms with Crippen molar-refractivity contribution in [3.63, 3.8) is 0 Å². The maximum atomic E-state index is 12.1. The molecule has 1 rings (SSSR count). The van der Waals surface area contributed by atoms with E-state index in [1.54, 1.807) is 0 Å². The molecule has 0 radical (unpaired) electrons. The van der Waals surface area contributed by atoms with Gasteiger partial charge in [-0.2, -0.15) is 0 Å². The first kappa shape index (κ1) is 15.7. The van der Waals surface area contributed by atoms with Gasteiger partial charge in [-0.15, -0.1) is 0 Å². The summed E-state index contributed by atoms with van der Waals surface area (Å²) in [5, 5.41) is 2.96. The largest absolute Gasteiger partial charge is 0.354 e. The summed E-state index contributed by atoms with van der Waals surface area (Å²) in [5.74, 6) is -0.253. The first-order chi connectivity index (χ1) is 9.06. The SMILES string of the molecule is CC(C)N(C)CCNC(=O)C(CN)c1ccccc1. The number of carbonyl (C=O) groups is 1. The van der Waals surface area contributed by atoms with Gasteiger partial charge in [0.15, 0.2) is 0 Å². The molecule has 0 saturated heterocycles. The second-order valence-electron chi connectivity index (χ2n) is 5.06. The molecule has 4 heteroatoms. The van der Waals surface area contributed by atoms with Crippen LogP contribution in [0.2, 0.25) is 0 Å². The Kier molecular flexibility index (Phi) is 6.53. The summed E-state index contributed by atoms with van der Waals surface area (Å²) in [6.07, 6.45) is 0. The molecule has 0 aliphatic heterocycles. The Morgan fingerprint density at radius 3 is 2.47 bits per heavy atom. The summed E-state index contributed by atoms with van der Waals surface area (Å²) in [4.78, 5) is 14.3. The molecule has 1 unspecified atom stereocenters. The lowest BCUT2D eigenvalue weighted by molar-refractivity contribution is -0.122. The third-order valence-electron chi connectivity index (χ3n) is 3.40.